The molecule has 0 bridgehead atoms. The van der Waals surface area contributed by atoms with Crippen molar-refractivity contribution in [1.82, 2.24) is 0 Å². The minimum absolute atomic E-state index is 0.379. The van der Waals surface area contributed by atoms with E-state index in [9.17, 15) is 4.79 Å². The Morgan fingerprint density at radius 1 is 1.50 bits per heavy atom. The molecule has 5 heteroatoms. The van der Waals surface area contributed by atoms with E-state index in [0.29, 0.717) is 5.56 Å². The van der Waals surface area contributed by atoms with Crippen LogP contribution < -0.4 is 10.7 Å². The minimum Gasteiger partial charge on any atom is -0.465 e. The smallest absolute Gasteiger partial charge is 0.339 e. The van der Waals surface area contributed by atoms with E-state index in [0.717, 1.165) is 11.3 Å². The predicted octanol–water partition coefficient (Wildman–Crippen LogP) is 0.832. The van der Waals surface area contributed by atoms with E-state index in [2.05, 4.69) is 5.10 Å². The summed E-state index contributed by atoms with van der Waals surface area (Å²) in [7, 11) is 5.07. The van der Waals surface area contributed by atoms with Crippen molar-refractivity contribution in [3.63, 3.8) is 0 Å². The summed E-state index contributed by atoms with van der Waals surface area (Å²) in [5.41, 5.74) is 2.04. The van der Waals surface area contributed by atoms with Gasteiger partial charge in [0.1, 0.15) is 0 Å². The quantitative estimate of drug-likeness (QED) is 0.355. The Morgan fingerprint density at radius 3 is 2.69 bits per heavy atom. The van der Waals surface area contributed by atoms with Crippen LogP contribution in [0.25, 0.3) is 0 Å². The van der Waals surface area contributed by atoms with Crippen LogP contribution in [0.3, 0.4) is 0 Å². The van der Waals surface area contributed by atoms with Gasteiger partial charge in [-0.15, -0.1) is 0 Å². The second-order valence-electron chi connectivity index (χ2n) is 3.44. The molecule has 1 aromatic rings. The van der Waals surface area contributed by atoms with Crippen molar-refractivity contribution in [3.8, 4) is 0 Å². The molecule has 2 N–H and O–H groups in total. The summed E-state index contributed by atoms with van der Waals surface area (Å²) in [6.07, 6.45) is 1.48. The Bertz CT molecular complexity index is 414. The maximum absolute atomic E-state index is 11.6. The normalized spacial score (nSPS) is 10.4. The summed E-state index contributed by atoms with van der Waals surface area (Å²) in [4.78, 5) is 13.4. The zero-order chi connectivity index (χ0) is 12.1. The third kappa shape index (κ3) is 2.50. The monoisotopic (exact) mass is 221 g/mol. The number of hydrazone groups is 1. The molecule has 0 aliphatic carbocycles. The number of hydrogen-bond donors (Lipinski definition) is 1. The third-order valence-corrected chi connectivity index (χ3v) is 2.13. The zero-order valence-corrected chi connectivity index (χ0v) is 9.60. The van der Waals surface area contributed by atoms with Crippen molar-refractivity contribution < 1.29 is 9.53 Å². The lowest BCUT2D eigenvalue weighted by Crippen LogP contribution is -2.15. The van der Waals surface area contributed by atoms with E-state index in [1.165, 1.54) is 13.3 Å². The van der Waals surface area contributed by atoms with Gasteiger partial charge in [0, 0.05) is 14.1 Å². The van der Waals surface area contributed by atoms with Gasteiger partial charge < -0.3 is 15.5 Å². The molecule has 16 heavy (non-hydrogen) atoms. The van der Waals surface area contributed by atoms with E-state index < -0.39 is 0 Å². The lowest BCUT2D eigenvalue weighted by molar-refractivity contribution is 0.0601. The predicted molar refractivity (Wildman–Crippen MR) is 63.9 cm³/mol. The van der Waals surface area contributed by atoms with E-state index in [1.54, 1.807) is 6.07 Å². The number of anilines is 1. The molecule has 0 spiro atoms. The number of hydrogen-bond acceptors (Lipinski definition) is 5. The Labute approximate surface area is 94.5 Å². The van der Waals surface area contributed by atoms with Gasteiger partial charge in [0.2, 0.25) is 0 Å². The van der Waals surface area contributed by atoms with Crippen molar-refractivity contribution in [1.29, 1.82) is 0 Å². The Balaban J connectivity index is 3.26. The van der Waals surface area contributed by atoms with Crippen molar-refractivity contribution in [2.75, 3.05) is 26.1 Å². The molecular formula is C11H15N3O2. The van der Waals surface area contributed by atoms with Gasteiger partial charge in [-0.3, -0.25) is 0 Å². The summed E-state index contributed by atoms with van der Waals surface area (Å²) in [5.74, 6) is 4.68. The first kappa shape index (κ1) is 12.0. The minimum atomic E-state index is -0.379. The lowest BCUT2D eigenvalue weighted by atomic mass is 10.1. The highest BCUT2D eigenvalue weighted by Crippen LogP contribution is 2.20. The van der Waals surface area contributed by atoms with Gasteiger partial charge in [0.15, 0.2) is 0 Å². The van der Waals surface area contributed by atoms with E-state index in [1.807, 2.05) is 31.1 Å². The van der Waals surface area contributed by atoms with Crippen molar-refractivity contribution in [2.24, 2.45) is 10.9 Å². The number of benzene rings is 1. The number of ether oxygens (including phenoxy) is 1. The van der Waals surface area contributed by atoms with Gasteiger partial charge in [-0.05, 0) is 17.7 Å². The third-order valence-electron chi connectivity index (χ3n) is 2.13. The number of nitrogens with two attached hydrogens (primary N) is 1. The molecule has 86 valence electrons. The standard InChI is InChI=1S/C11H15N3O2/c1-14(2)10-5-4-8(7-13-12)6-9(10)11(15)16-3/h4-7H,12H2,1-3H3. The van der Waals surface area contributed by atoms with Gasteiger partial charge >= 0.3 is 5.97 Å². The summed E-state index contributed by atoms with van der Waals surface area (Å²) < 4.78 is 4.72. The van der Waals surface area contributed by atoms with Gasteiger partial charge in [0.05, 0.1) is 24.6 Å². The fraction of sp³-hybridized carbons (Fsp3) is 0.273. The lowest BCUT2D eigenvalue weighted by Gasteiger charge is -2.16. The van der Waals surface area contributed by atoms with Crippen LogP contribution in [0.4, 0.5) is 5.69 Å². The molecule has 0 unspecified atom stereocenters. The van der Waals surface area contributed by atoms with Gasteiger partial charge in [0.25, 0.3) is 0 Å². The van der Waals surface area contributed by atoms with Crippen LogP contribution >= 0.6 is 0 Å². The van der Waals surface area contributed by atoms with Crippen LogP contribution in [0.2, 0.25) is 0 Å². The SMILES string of the molecule is COC(=O)c1cc(C=NN)ccc1N(C)C. The number of nitrogens with zero attached hydrogens (tertiary/aromatic N) is 2. The maximum Gasteiger partial charge on any atom is 0.339 e. The maximum atomic E-state index is 11.6. The largest absolute Gasteiger partial charge is 0.465 e. The highest BCUT2D eigenvalue weighted by Gasteiger charge is 2.13. The Kier molecular flexibility index (Phi) is 3.88. The van der Waals surface area contributed by atoms with E-state index in [-0.39, 0.29) is 5.97 Å². The molecule has 0 aliphatic heterocycles. The van der Waals surface area contributed by atoms with Gasteiger partial charge in [-0.25, -0.2) is 4.79 Å². The fourth-order valence-corrected chi connectivity index (χ4v) is 1.38. The molecule has 0 heterocycles. The average Bonchev–Trinajstić information content (AvgIpc) is 2.28. The molecular weight excluding hydrogens is 206 g/mol. The average molecular weight is 221 g/mol. The summed E-state index contributed by atoms with van der Waals surface area (Å²) in [6, 6.07) is 5.35. The summed E-state index contributed by atoms with van der Waals surface area (Å²) in [5, 5.41) is 3.42. The first-order valence-electron chi connectivity index (χ1n) is 4.73. The highest BCUT2D eigenvalue weighted by molar-refractivity contribution is 5.98. The van der Waals surface area contributed by atoms with Crippen molar-refractivity contribution >= 4 is 17.9 Å². The van der Waals surface area contributed by atoms with Crippen molar-refractivity contribution in [3.05, 3.63) is 29.3 Å². The molecule has 0 aromatic heterocycles. The second-order valence-corrected chi connectivity index (χ2v) is 3.44. The molecule has 0 atom stereocenters. The molecule has 0 radical (unpaired) electrons. The van der Waals surface area contributed by atoms with Crippen molar-refractivity contribution in [2.45, 2.75) is 0 Å². The van der Waals surface area contributed by atoms with Gasteiger partial charge in [-0.1, -0.05) is 6.07 Å². The molecule has 0 saturated carbocycles. The molecule has 0 fully saturated rings. The number of carbonyl (C=O) groups is 1. The van der Waals surface area contributed by atoms with E-state index >= 15 is 0 Å². The van der Waals surface area contributed by atoms with Crippen LogP contribution in [0.15, 0.2) is 23.3 Å². The summed E-state index contributed by atoms with van der Waals surface area (Å²) >= 11 is 0. The van der Waals surface area contributed by atoms with Crippen LogP contribution in [-0.2, 0) is 4.74 Å². The molecule has 0 amide bonds. The molecule has 0 saturated heterocycles. The number of carbonyl (C=O) groups excluding carboxylic acids is 1. The molecule has 1 aromatic carbocycles. The second kappa shape index (κ2) is 5.16. The van der Waals surface area contributed by atoms with Crippen LogP contribution in [-0.4, -0.2) is 33.4 Å². The molecule has 5 nitrogen and oxygen atoms in total. The Hall–Kier alpha value is -2.04. The van der Waals surface area contributed by atoms with Gasteiger partial charge in [-0.2, -0.15) is 5.10 Å². The topological polar surface area (TPSA) is 67.9 Å². The van der Waals surface area contributed by atoms with E-state index in [4.69, 9.17) is 10.6 Å². The molecule has 1 rings (SSSR count). The van der Waals surface area contributed by atoms with Crippen LogP contribution in [0.5, 0.6) is 0 Å². The van der Waals surface area contributed by atoms with Crippen LogP contribution in [0, 0.1) is 0 Å². The number of rotatable bonds is 3. The van der Waals surface area contributed by atoms with Crippen LogP contribution in [0.1, 0.15) is 15.9 Å². The number of esters is 1. The fourth-order valence-electron chi connectivity index (χ4n) is 1.38. The zero-order valence-electron chi connectivity index (χ0n) is 9.60. The first-order chi connectivity index (χ1) is 7.60. The molecule has 0 aliphatic rings. The Morgan fingerprint density at radius 2 is 2.19 bits per heavy atom. The first-order valence-corrected chi connectivity index (χ1v) is 4.73. The number of methoxy groups -OCH3 is 1. The summed E-state index contributed by atoms with van der Waals surface area (Å²) in [6.45, 7) is 0. The highest BCUT2D eigenvalue weighted by atomic mass is 16.5.